The van der Waals surface area contributed by atoms with Crippen molar-refractivity contribution in [2.75, 3.05) is 10.0 Å². The summed E-state index contributed by atoms with van der Waals surface area (Å²) in [4.78, 5) is 9.37. The lowest BCUT2D eigenvalue weighted by molar-refractivity contribution is 0.600. The van der Waals surface area contributed by atoms with Crippen molar-refractivity contribution in [3.05, 3.63) is 89.5 Å². The molecule has 7 heteroatoms. The van der Waals surface area contributed by atoms with Crippen LogP contribution in [0.15, 0.2) is 77.7 Å². The molecule has 0 bridgehead atoms. The molecule has 0 aliphatic carbocycles. The van der Waals surface area contributed by atoms with E-state index in [9.17, 15) is 8.42 Å². The Labute approximate surface area is 176 Å². The minimum atomic E-state index is -3.83. The summed E-state index contributed by atoms with van der Waals surface area (Å²) in [5, 5.41) is 3.22. The van der Waals surface area contributed by atoms with Crippen molar-refractivity contribution in [3.63, 3.8) is 0 Å². The molecule has 4 rings (SSSR count). The fraction of sp³-hybridized carbons (Fsp3) is 0.130. The third-order valence-corrected chi connectivity index (χ3v) is 6.22. The lowest BCUT2D eigenvalue weighted by Crippen LogP contribution is -2.17. The summed E-state index contributed by atoms with van der Waals surface area (Å²) < 4.78 is 28.9. The van der Waals surface area contributed by atoms with Gasteiger partial charge in [0.2, 0.25) is 0 Å². The van der Waals surface area contributed by atoms with Crippen molar-refractivity contribution >= 4 is 32.7 Å². The maximum absolute atomic E-state index is 13.1. The number of sulfonamides is 1. The van der Waals surface area contributed by atoms with Crippen LogP contribution in [0.4, 0.5) is 11.6 Å². The average Bonchev–Trinajstić information content (AvgIpc) is 2.74. The van der Waals surface area contributed by atoms with E-state index in [4.69, 9.17) is 0 Å². The molecule has 0 saturated carbocycles. The van der Waals surface area contributed by atoms with Crippen LogP contribution in [0.25, 0.3) is 11.0 Å². The van der Waals surface area contributed by atoms with Gasteiger partial charge in [-0.25, -0.2) is 18.4 Å². The Morgan fingerprint density at radius 2 is 1.43 bits per heavy atom. The van der Waals surface area contributed by atoms with Gasteiger partial charge < -0.3 is 5.32 Å². The monoisotopic (exact) mass is 418 g/mol. The SMILES string of the molecule is Cc1ccc(C)c(S(=O)(=O)Nc2nc3ccccc3nc2NCc2ccccc2)c1. The molecule has 0 atom stereocenters. The van der Waals surface area contributed by atoms with Gasteiger partial charge in [-0.2, -0.15) is 0 Å². The van der Waals surface area contributed by atoms with Crippen LogP contribution in [0.2, 0.25) is 0 Å². The molecular weight excluding hydrogens is 396 g/mol. The van der Waals surface area contributed by atoms with Crippen LogP contribution < -0.4 is 10.0 Å². The van der Waals surface area contributed by atoms with E-state index in [0.29, 0.717) is 29.0 Å². The van der Waals surface area contributed by atoms with Gasteiger partial charge >= 0.3 is 0 Å². The van der Waals surface area contributed by atoms with E-state index >= 15 is 0 Å². The molecule has 4 aromatic rings. The van der Waals surface area contributed by atoms with E-state index in [-0.39, 0.29) is 10.7 Å². The molecule has 0 radical (unpaired) electrons. The first-order chi connectivity index (χ1) is 14.4. The molecular formula is C23H22N4O2S. The van der Waals surface area contributed by atoms with Crippen LogP contribution in [0, 0.1) is 13.8 Å². The van der Waals surface area contributed by atoms with Gasteiger partial charge in [0.1, 0.15) is 0 Å². The molecule has 0 fully saturated rings. The van der Waals surface area contributed by atoms with E-state index in [1.807, 2.05) is 61.5 Å². The topological polar surface area (TPSA) is 84.0 Å². The Morgan fingerprint density at radius 3 is 2.13 bits per heavy atom. The number of nitrogens with one attached hydrogen (secondary N) is 2. The maximum atomic E-state index is 13.1. The number of fused-ring (bicyclic) bond motifs is 1. The van der Waals surface area contributed by atoms with Crippen molar-refractivity contribution in [1.82, 2.24) is 9.97 Å². The second-order valence-corrected chi connectivity index (χ2v) is 8.77. The summed E-state index contributed by atoms with van der Waals surface area (Å²) >= 11 is 0. The fourth-order valence-electron chi connectivity index (χ4n) is 3.16. The highest BCUT2D eigenvalue weighted by Gasteiger charge is 2.21. The summed E-state index contributed by atoms with van der Waals surface area (Å²) in [7, 11) is -3.83. The molecule has 0 amide bonds. The van der Waals surface area contributed by atoms with Crippen molar-refractivity contribution in [2.24, 2.45) is 0 Å². The van der Waals surface area contributed by atoms with Gasteiger partial charge in [-0.05, 0) is 48.7 Å². The molecule has 0 unspecified atom stereocenters. The van der Waals surface area contributed by atoms with Crippen molar-refractivity contribution in [2.45, 2.75) is 25.3 Å². The molecule has 6 nitrogen and oxygen atoms in total. The van der Waals surface area contributed by atoms with Crippen LogP contribution in [0.3, 0.4) is 0 Å². The normalized spacial score (nSPS) is 11.4. The van der Waals surface area contributed by atoms with E-state index in [0.717, 1.165) is 11.1 Å². The van der Waals surface area contributed by atoms with E-state index in [1.54, 1.807) is 25.1 Å². The van der Waals surface area contributed by atoms with Crippen molar-refractivity contribution in [3.8, 4) is 0 Å². The number of anilines is 2. The molecule has 30 heavy (non-hydrogen) atoms. The number of hydrogen-bond donors (Lipinski definition) is 2. The Hall–Kier alpha value is -3.45. The predicted octanol–water partition coefficient (Wildman–Crippen LogP) is 4.66. The highest BCUT2D eigenvalue weighted by molar-refractivity contribution is 7.92. The van der Waals surface area contributed by atoms with E-state index in [2.05, 4.69) is 20.0 Å². The first-order valence-corrected chi connectivity index (χ1v) is 11.1. The molecule has 0 aliphatic rings. The molecule has 3 aromatic carbocycles. The number of aromatic nitrogens is 2. The first kappa shape index (κ1) is 19.8. The Kier molecular flexibility index (Phi) is 5.37. The zero-order valence-electron chi connectivity index (χ0n) is 16.8. The summed E-state index contributed by atoms with van der Waals surface area (Å²) in [6, 6.07) is 22.5. The van der Waals surface area contributed by atoms with Gasteiger partial charge in [-0.1, -0.05) is 54.6 Å². The first-order valence-electron chi connectivity index (χ1n) is 9.57. The van der Waals surface area contributed by atoms with Gasteiger partial charge in [0.15, 0.2) is 11.6 Å². The fourth-order valence-corrected chi connectivity index (χ4v) is 4.49. The minimum Gasteiger partial charge on any atom is -0.363 e. The van der Waals surface area contributed by atoms with Gasteiger partial charge in [-0.15, -0.1) is 0 Å². The number of nitrogens with zero attached hydrogens (tertiary/aromatic N) is 2. The minimum absolute atomic E-state index is 0.172. The molecule has 0 spiro atoms. The van der Waals surface area contributed by atoms with Crippen LogP contribution in [0.5, 0.6) is 0 Å². The van der Waals surface area contributed by atoms with E-state index < -0.39 is 10.0 Å². The number of aryl methyl sites for hydroxylation is 2. The highest BCUT2D eigenvalue weighted by Crippen LogP contribution is 2.26. The second-order valence-electron chi connectivity index (χ2n) is 7.12. The molecule has 2 N–H and O–H groups in total. The quantitative estimate of drug-likeness (QED) is 0.476. The van der Waals surface area contributed by atoms with Crippen molar-refractivity contribution < 1.29 is 8.42 Å². The molecule has 152 valence electrons. The largest absolute Gasteiger partial charge is 0.363 e. The summed E-state index contributed by atoms with van der Waals surface area (Å²) in [5.41, 5.74) is 3.88. The molecule has 0 saturated heterocycles. The third-order valence-electron chi connectivity index (χ3n) is 4.74. The predicted molar refractivity (Wildman–Crippen MR) is 120 cm³/mol. The van der Waals surface area contributed by atoms with Crippen molar-refractivity contribution in [1.29, 1.82) is 0 Å². The third kappa shape index (κ3) is 4.26. The van der Waals surface area contributed by atoms with Crippen LogP contribution in [0.1, 0.15) is 16.7 Å². The lowest BCUT2D eigenvalue weighted by Gasteiger charge is -2.15. The number of hydrogen-bond acceptors (Lipinski definition) is 5. The number of rotatable bonds is 6. The molecule has 1 aromatic heterocycles. The molecule has 0 aliphatic heterocycles. The Bertz CT molecular complexity index is 1310. The Balaban J connectivity index is 1.73. The number of para-hydroxylation sites is 2. The van der Waals surface area contributed by atoms with Gasteiger partial charge in [-0.3, -0.25) is 4.72 Å². The lowest BCUT2D eigenvalue weighted by atomic mass is 10.2. The zero-order valence-corrected chi connectivity index (χ0v) is 17.6. The summed E-state index contributed by atoms with van der Waals surface area (Å²) in [6.07, 6.45) is 0. The van der Waals surface area contributed by atoms with Crippen LogP contribution >= 0.6 is 0 Å². The van der Waals surface area contributed by atoms with Gasteiger partial charge in [0, 0.05) is 6.54 Å². The molecule has 1 heterocycles. The van der Waals surface area contributed by atoms with Crippen LogP contribution in [-0.2, 0) is 16.6 Å². The maximum Gasteiger partial charge on any atom is 0.263 e. The van der Waals surface area contributed by atoms with Gasteiger partial charge in [0.25, 0.3) is 10.0 Å². The average molecular weight is 419 g/mol. The highest BCUT2D eigenvalue weighted by atomic mass is 32.2. The Morgan fingerprint density at radius 1 is 0.800 bits per heavy atom. The number of benzene rings is 3. The van der Waals surface area contributed by atoms with Gasteiger partial charge in [0.05, 0.1) is 15.9 Å². The summed E-state index contributed by atoms with van der Waals surface area (Å²) in [6.45, 7) is 4.13. The summed E-state index contributed by atoms with van der Waals surface area (Å²) in [5.74, 6) is 0.553. The zero-order chi connectivity index (χ0) is 21.1. The van der Waals surface area contributed by atoms with E-state index in [1.165, 1.54) is 0 Å². The second kappa shape index (κ2) is 8.12. The smallest absolute Gasteiger partial charge is 0.263 e. The standard InChI is InChI=1S/C23H22N4O2S/c1-16-12-13-17(2)21(14-16)30(28,29)27-23-22(24-15-18-8-4-3-5-9-18)25-19-10-6-7-11-20(19)26-23/h3-14H,15H2,1-2H3,(H,24,25)(H,26,27). The van der Waals surface area contributed by atoms with Crippen LogP contribution in [-0.4, -0.2) is 18.4 Å².